The van der Waals surface area contributed by atoms with E-state index in [1.807, 2.05) is 53.5 Å². The molecule has 3 amide bonds. The number of aromatic nitrogens is 1. The Labute approximate surface area is 352 Å². The molecule has 1 aromatic carbocycles. The number of likely N-dealkylation sites (tertiary alicyclic amines) is 1. The zero-order valence-electron chi connectivity index (χ0n) is 36.1. The van der Waals surface area contributed by atoms with E-state index in [0.29, 0.717) is 24.3 Å². The van der Waals surface area contributed by atoms with E-state index in [1.54, 1.807) is 19.1 Å². The van der Waals surface area contributed by atoms with Crippen molar-refractivity contribution >= 4 is 47.0 Å². The first kappa shape index (κ1) is 48.8. The van der Waals surface area contributed by atoms with E-state index in [-0.39, 0.29) is 60.4 Å². The third kappa shape index (κ3) is 15.2. The van der Waals surface area contributed by atoms with Crippen LogP contribution in [0, 0.1) is 23.7 Å². The summed E-state index contributed by atoms with van der Waals surface area (Å²) in [6.07, 6.45) is 2.73. The number of phenolic OH excluding ortho intramolecular Hbond substituents is 1. The van der Waals surface area contributed by atoms with Crippen molar-refractivity contribution < 1.29 is 48.5 Å². The smallest absolute Gasteiger partial charge is 0.307 e. The molecule has 0 spiro atoms. The Bertz CT molecular complexity index is 1720. The van der Waals surface area contributed by atoms with E-state index in [0.717, 1.165) is 36.3 Å². The Kier molecular flexibility index (Phi) is 19.3. The Morgan fingerprint density at radius 1 is 1.00 bits per heavy atom. The Balaban J connectivity index is 1.96. The van der Waals surface area contributed by atoms with Gasteiger partial charge in [-0.05, 0) is 74.7 Å². The predicted molar refractivity (Wildman–Crippen MR) is 223 cm³/mol. The predicted octanol–water partition coefficient (Wildman–Crippen LogP) is 5.71. The van der Waals surface area contributed by atoms with Crippen molar-refractivity contribution in [2.75, 3.05) is 20.3 Å². The number of phenols is 1. The summed E-state index contributed by atoms with van der Waals surface area (Å²) in [6, 6.07) is 3.83. The fraction of sp³-hybridized carbons (Fsp3) is 0.651. The molecular formula is C43H65N5O10S. The molecule has 328 valence electrons. The monoisotopic (exact) mass is 843 g/mol. The highest BCUT2D eigenvalue weighted by molar-refractivity contribution is 7.09. The molecule has 1 unspecified atom stereocenters. The Hall–Kier alpha value is -4.57. The number of aliphatic carboxylic acids is 1. The number of carbonyl (C=O) groups is 6. The topological polar surface area (TPSA) is 205 Å². The lowest BCUT2D eigenvalue weighted by Gasteiger charge is -2.39. The van der Waals surface area contributed by atoms with Crippen molar-refractivity contribution in [1.82, 2.24) is 25.4 Å². The second-order valence-corrected chi connectivity index (χ2v) is 17.5. The molecule has 1 saturated heterocycles. The number of nitrogens with one attached hydrogen (secondary N) is 2. The summed E-state index contributed by atoms with van der Waals surface area (Å²) in [5.41, 5.74) is 0.814. The molecular weight excluding hydrogens is 779 g/mol. The van der Waals surface area contributed by atoms with Gasteiger partial charge in [0.2, 0.25) is 11.8 Å². The number of likely N-dealkylation sites (N-methyl/N-ethyl adjacent to an activating group) is 1. The van der Waals surface area contributed by atoms with Crippen LogP contribution in [-0.4, -0.2) is 105 Å². The fourth-order valence-corrected chi connectivity index (χ4v) is 8.03. The van der Waals surface area contributed by atoms with Gasteiger partial charge in [0, 0.05) is 37.2 Å². The fourth-order valence-electron chi connectivity index (χ4n) is 7.19. The maximum absolute atomic E-state index is 14.8. The molecule has 0 saturated carbocycles. The molecule has 59 heavy (non-hydrogen) atoms. The van der Waals surface area contributed by atoms with Gasteiger partial charge in [-0.2, -0.15) is 0 Å². The standard InChI is InChI=1S/C43H65N5O10S/c1-10-27(6)38(46-40(53)34-13-11-12-18-47(34)9)42(54)48(24-57-37(51)19-25(2)3)35(26(4)5)22-36(58-29(8)49)41-45-33(23-59-41)39(52)44-31(20-28(7)43(55)56)21-30-14-16-32(50)17-15-30/h14-17,23,25-28,31,34-36,38,50H,10-13,18-22,24H2,1-9H3,(H,44,52)(H,46,53)(H,55,56)/t27-,28+,31-,34-,35-,36-,38?/m1/s1. The number of amides is 3. The molecule has 1 fully saturated rings. The van der Waals surface area contributed by atoms with Crippen LogP contribution in [0.3, 0.4) is 0 Å². The van der Waals surface area contributed by atoms with Gasteiger partial charge in [0.05, 0.1) is 12.0 Å². The quantitative estimate of drug-likeness (QED) is 0.0832. The van der Waals surface area contributed by atoms with E-state index in [4.69, 9.17) is 9.47 Å². The molecule has 1 aliphatic heterocycles. The number of carbonyl (C=O) groups excluding carboxylic acids is 5. The number of benzene rings is 1. The highest BCUT2D eigenvalue weighted by Crippen LogP contribution is 2.32. The molecule has 3 rings (SSSR count). The van der Waals surface area contributed by atoms with Gasteiger partial charge < -0.3 is 35.2 Å². The largest absolute Gasteiger partial charge is 0.508 e. The summed E-state index contributed by atoms with van der Waals surface area (Å²) < 4.78 is 11.5. The number of hydrogen-bond donors (Lipinski definition) is 4. The lowest BCUT2D eigenvalue weighted by Crippen LogP contribution is -2.59. The third-order valence-corrected chi connectivity index (χ3v) is 11.8. The molecule has 0 radical (unpaired) electrons. The van der Waals surface area contributed by atoms with E-state index in [2.05, 4.69) is 15.6 Å². The van der Waals surface area contributed by atoms with Gasteiger partial charge in [-0.3, -0.25) is 33.7 Å². The van der Waals surface area contributed by atoms with Crippen molar-refractivity contribution in [2.45, 2.75) is 137 Å². The minimum absolute atomic E-state index is 0.0143. The normalized spacial score (nSPS) is 17.6. The van der Waals surface area contributed by atoms with Crippen LogP contribution in [-0.2, 0) is 39.9 Å². The van der Waals surface area contributed by atoms with Gasteiger partial charge in [0.15, 0.2) is 12.8 Å². The lowest BCUT2D eigenvalue weighted by atomic mass is 9.92. The number of rotatable bonds is 22. The number of piperidine rings is 1. The molecule has 0 bridgehead atoms. The zero-order valence-corrected chi connectivity index (χ0v) is 36.9. The molecule has 2 heterocycles. The molecule has 4 N–H and O–H groups in total. The van der Waals surface area contributed by atoms with Crippen LogP contribution in [0.5, 0.6) is 5.75 Å². The zero-order chi connectivity index (χ0) is 44.0. The van der Waals surface area contributed by atoms with E-state index in [1.165, 1.54) is 29.3 Å². The van der Waals surface area contributed by atoms with Crippen molar-refractivity contribution in [3.63, 3.8) is 0 Å². The minimum atomic E-state index is -1.01. The third-order valence-electron chi connectivity index (χ3n) is 10.8. The summed E-state index contributed by atoms with van der Waals surface area (Å²) in [5.74, 6) is -4.54. The van der Waals surface area contributed by atoms with Gasteiger partial charge in [0.1, 0.15) is 22.5 Å². The van der Waals surface area contributed by atoms with Gasteiger partial charge >= 0.3 is 17.9 Å². The first-order valence-electron chi connectivity index (χ1n) is 20.7. The average molecular weight is 844 g/mol. The number of nitrogens with zero attached hydrogens (tertiary/aromatic N) is 3. The van der Waals surface area contributed by atoms with Crippen molar-refractivity contribution in [3.05, 3.63) is 45.9 Å². The molecule has 0 aliphatic carbocycles. The SMILES string of the molecule is CC[C@@H](C)C(NC(=O)[C@H]1CCCCN1C)C(=O)N(COC(=O)CC(C)C)[C@H](C[C@@H](OC(C)=O)c1nc(C(=O)N[C@@H](Cc2ccc(O)cc2)C[C@H](C)C(=O)O)cs1)C(C)C. The molecule has 1 aromatic heterocycles. The van der Waals surface area contributed by atoms with E-state index < -0.39 is 66.6 Å². The molecule has 16 heteroatoms. The van der Waals surface area contributed by atoms with Crippen molar-refractivity contribution in [3.8, 4) is 5.75 Å². The Morgan fingerprint density at radius 2 is 1.68 bits per heavy atom. The minimum Gasteiger partial charge on any atom is -0.508 e. The summed E-state index contributed by atoms with van der Waals surface area (Å²) in [5, 5.41) is 27.1. The van der Waals surface area contributed by atoms with E-state index in [9.17, 15) is 39.0 Å². The first-order chi connectivity index (χ1) is 27.8. The summed E-state index contributed by atoms with van der Waals surface area (Å²) in [6.45, 7) is 14.6. The van der Waals surface area contributed by atoms with Gasteiger partial charge in [-0.1, -0.05) is 73.4 Å². The number of carboxylic acids is 1. The number of thiazole rings is 1. The summed E-state index contributed by atoms with van der Waals surface area (Å²) in [7, 11) is 1.90. The van der Waals surface area contributed by atoms with Crippen LogP contribution < -0.4 is 10.6 Å². The lowest BCUT2D eigenvalue weighted by molar-refractivity contribution is -0.161. The number of carboxylic acid groups (broad SMARTS) is 1. The second kappa shape index (κ2) is 23.3. The van der Waals surface area contributed by atoms with Crippen LogP contribution in [0.2, 0.25) is 0 Å². The van der Waals surface area contributed by atoms with Gasteiger partial charge in [-0.25, -0.2) is 4.98 Å². The van der Waals surface area contributed by atoms with Crippen LogP contribution in [0.25, 0.3) is 0 Å². The van der Waals surface area contributed by atoms with Gasteiger partial charge in [-0.15, -0.1) is 11.3 Å². The highest BCUT2D eigenvalue weighted by atomic mass is 32.1. The van der Waals surface area contributed by atoms with Crippen LogP contribution in [0.1, 0.15) is 127 Å². The van der Waals surface area contributed by atoms with Crippen molar-refractivity contribution in [1.29, 1.82) is 0 Å². The van der Waals surface area contributed by atoms with E-state index >= 15 is 0 Å². The molecule has 7 atom stereocenters. The average Bonchev–Trinajstić information content (AvgIpc) is 3.67. The maximum Gasteiger partial charge on any atom is 0.307 e. The number of aromatic hydroxyl groups is 1. The van der Waals surface area contributed by atoms with Crippen LogP contribution in [0.15, 0.2) is 29.6 Å². The summed E-state index contributed by atoms with van der Waals surface area (Å²) in [4.78, 5) is 87.4. The molecule has 15 nitrogen and oxygen atoms in total. The molecule has 1 aliphatic rings. The van der Waals surface area contributed by atoms with Crippen LogP contribution >= 0.6 is 11.3 Å². The first-order valence-corrected chi connectivity index (χ1v) is 21.6. The maximum atomic E-state index is 14.8. The second-order valence-electron chi connectivity index (χ2n) is 16.6. The number of esters is 2. The van der Waals surface area contributed by atoms with Gasteiger partial charge in [0.25, 0.3) is 5.91 Å². The molecule has 2 aromatic rings. The van der Waals surface area contributed by atoms with Crippen LogP contribution in [0.4, 0.5) is 0 Å². The highest BCUT2D eigenvalue weighted by Gasteiger charge is 2.39. The number of ether oxygens (including phenoxy) is 2. The summed E-state index contributed by atoms with van der Waals surface area (Å²) >= 11 is 1.10. The Morgan fingerprint density at radius 3 is 2.25 bits per heavy atom. The number of hydrogen-bond acceptors (Lipinski definition) is 12. The van der Waals surface area contributed by atoms with Crippen molar-refractivity contribution in [2.24, 2.45) is 23.7 Å².